The molecule has 1 aliphatic heterocycles. The molecule has 1 N–H and O–H groups in total. The molecule has 0 unspecified atom stereocenters. The number of aliphatic hydroxyl groups is 1. The molecule has 0 radical (unpaired) electrons. The third-order valence-electron chi connectivity index (χ3n) is 9.85. The van der Waals surface area contributed by atoms with Crippen molar-refractivity contribution in [3.05, 3.63) is 23.8 Å². The quantitative estimate of drug-likeness (QED) is 0.586. The van der Waals surface area contributed by atoms with Crippen LogP contribution in [0, 0.1) is 34.0 Å². The largest absolute Gasteiger partial charge is 0.457 e. The molecule has 8 atom stereocenters. The summed E-state index contributed by atoms with van der Waals surface area (Å²) in [5.41, 5.74) is -2.03. The van der Waals surface area contributed by atoms with E-state index in [2.05, 4.69) is 13.8 Å². The summed E-state index contributed by atoms with van der Waals surface area (Å²) in [6, 6.07) is 0. The Morgan fingerprint density at radius 2 is 1.89 bits per heavy atom. The second-order valence-corrected chi connectivity index (χ2v) is 13.5. The van der Waals surface area contributed by atoms with Crippen molar-refractivity contribution in [2.75, 3.05) is 6.61 Å². The molecule has 0 aromatic carbocycles. The average molecular weight is 501 g/mol. The molecule has 36 heavy (non-hydrogen) atoms. The molecule has 5 rings (SSSR count). The molecular weight excluding hydrogens is 460 g/mol. The van der Waals surface area contributed by atoms with Gasteiger partial charge in [-0.05, 0) is 84.3 Å². The maximum atomic E-state index is 14.0. The number of hydrogen-bond acceptors (Lipinski definition) is 7. The number of Topliss-reactive ketones (excluding diaryl/α,β-unsaturated/α-hetero) is 1. The molecule has 0 bridgehead atoms. The fourth-order valence-electron chi connectivity index (χ4n) is 8.38. The molecule has 0 spiro atoms. The summed E-state index contributed by atoms with van der Waals surface area (Å²) in [5, 5.41) is 11.7. The van der Waals surface area contributed by atoms with Crippen LogP contribution in [0.1, 0.15) is 74.1 Å². The first-order valence-electron chi connectivity index (χ1n) is 13.3. The Kier molecular flexibility index (Phi) is 5.62. The zero-order chi connectivity index (χ0) is 26.5. The number of fused-ring (bicyclic) bond motifs is 7. The summed E-state index contributed by atoms with van der Waals surface area (Å²) in [6.07, 6.45) is 6.81. The number of ketones is 2. The number of carbonyl (C=O) groups excluding carboxylic acids is 3. The van der Waals surface area contributed by atoms with Crippen LogP contribution in [-0.4, -0.2) is 52.8 Å². The fraction of sp³-hybridized carbons (Fsp3) is 0.759. The lowest BCUT2D eigenvalue weighted by atomic mass is 9.46. The Hall–Kier alpha value is -1.83. The van der Waals surface area contributed by atoms with Crippen molar-refractivity contribution in [1.29, 1.82) is 0 Å². The number of carbonyl (C=O) groups is 3. The molecule has 0 aromatic rings. The minimum Gasteiger partial charge on any atom is -0.457 e. The first kappa shape index (κ1) is 25.8. The van der Waals surface area contributed by atoms with Crippen molar-refractivity contribution in [2.45, 2.75) is 97.7 Å². The van der Waals surface area contributed by atoms with Gasteiger partial charge in [-0.2, -0.15) is 0 Å². The van der Waals surface area contributed by atoms with Crippen LogP contribution in [-0.2, 0) is 28.6 Å². The first-order valence-corrected chi connectivity index (χ1v) is 13.3. The van der Waals surface area contributed by atoms with E-state index in [-0.39, 0.29) is 35.9 Å². The topological polar surface area (TPSA) is 99.1 Å². The normalized spacial score (nSPS) is 44.7. The molecule has 5 aliphatic rings. The summed E-state index contributed by atoms with van der Waals surface area (Å²) in [7, 11) is 0. The van der Waals surface area contributed by atoms with Gasteiger partial charge in [0.05, 0.1) is 17.6 Å². The van der Waals surface area contributed by atoms with E-state index < -0.39 is 45.8 Å². The predicted molar refractivity (Wildman–Crippen MR) is 132 cm³/mol. The Bertz CT molecular complexity index is 1060. The maximum Gasteiger partial charge on any atom is 0.311 e. The third-order valence-corrected chi connectivity index (χ3v) is 9.85. The molecule has 0 amide bonds. The summed E-state index contributed by atoms with van der Waals surface area (Å²) in [5.74, 6) is -1.53. The van der Waals surface area contributed by atoms with Crippen molar-refractivity contribution in [3.63, 3.8) is 0 Å². The highest BCUT2D eigenvalue weighted by molar-refractivity contribution is 6.01. The highest BCUT2D eigenvalue weighted by Crippen LogP contribution is 2.70. The van der Waals surface area contributed by atoms with Crippen LogP contribution in [0.15, 0.2) is 23.8 Å². The SMILES string of the molecule is CC1(C)O[C@@H]2C[C@H]3[C@@H]4CCC5=CC(=O)C=C[C@]5(C)[C@H]4[C@@H](O)C[C@]3(C)[C@]2(C(=O)COC(=O)C(C)(C)C)O1. The highest BCUT2D eigenvalue weighted by Gasteiger charge is 2.77. The number of rotatable bonds is 3. The fourth-order valence-corrected chi connectivity index (χ4v) is 8.38. The van der Waals surface area contributed by atoms with E-state index in [4.69, 9.17) is 14.2 Å². The molecule has 4 fully saturated rings. The smallest absolute Gasteiger partial charge is 0.311 e. The summed E-state index contributed by atoms with van der Waals surface area (Å²) >= 11 is 0. The zero-order valence-corrected chi connectivity index (χ0v) is 22.6. The van der Waals surface area contributed by atoms with E-state index in [0.717, 1.165) is 18.4 Å². The lowest BCUT2D eigenvalue weighted by Crippen LogP contribution is -2.64. The molecule has 1 saturated heterocycles. The van der Waals surface area contributed by atoms with Gasteiger partial charge in [-0.1, -0.05) is 25.5 Å². The number of esters is 1. The van der Waals surface area contributed by atoms with Gasteiger partial charge in [0.15, 0.2) is 23.8 Å². The monoisotopic (exact) mass is 500 g/mol. The van der Waals surface area contributed by atoms with Gasteiger partial charge in [0.1, 0.15) is 0 Å². The van der Waals surface area contributed by atoms with Gasteiger partial charge in [0, 0.05) is 16.7 Å². The molecule has 3 saturated carbocycles. The Labute approximate surface area is 213 Å². The number of aliphatic hydroxyl groups excluding tert-OH is 1. The van der Waals surface area contributed by atoms with Gasteiger partial charge >= 0.3 is 5.97 Å². The van der Waals surface area contributed by atoms with E-state index in [0.29, 0.717) is 12.8 Å². The molecule has 4 aliphatic carbocycles. The van der Waals surface area contributed by atoms with E-state index >= 15 is 0 Å². The van der Waals surface area contributed by atoms with Crippen molar-refractivity contribution in [2.24, 2.45) is 34.0 Å². The Balaban J connectivity index is 1.51. The van der Waals surface area contributed by atoms with E-state index in [1.54, 1.807) is 32.9 Å². The number of hydrogen-bond donors (Lipinski definition) is 1. The molecule has 1 heterocycles. The van der Waals surface area contributed by atoms with E-state index in [9.17, 15) is 19.5 Å². The van der Waals surface area contributed by atoms with Crippen LogP contribution < -0.4 is 0 Å². The minimum absolute atomic E-state index is 0.00449. The predicted octanol–water partition coefficient (Wildman–Crippen LogP) is 3.92. The first-order chi connectivity index (χ1) is 16.5. The zero-order valence-electron chi connectivity index (χ0n) is 22.6. The molecule has 7 heteroatoms. The van der Waals surface area contributed by atoms with E-state index in [1.165, 1.54) is 0 Å². The second kappa shape index (κ2) is 7.84. The Morgan fingerprint density at radius 1 is 1.19 bits per heavy atom. The van der Waals surface area contributed by atoms with Crippen LogP contribution in [0.5, 0.6) is 0 Å². The van der Waals surface area contributed by atoms with Gasteiger partial charge < -0.3 is 19.3 Å². The number of ether oxygens (including phenoxy) is 3. The summed E-state index contributed by atoms with van der Waals surface area (Å²) < 4.78 is 18.4. The molecule has 0 aromatic heterocycles. The van der Waals surface area contributed by atoms with Crippen LogP contribution in [0.3, 0.4) is 0 Å². The van der Waals surface area contributed by atoms with Crippen molar-refractivity contribution >= 4 is 17.5 Å². The molecular formula is C29H40O7. The van der Waals surface area contributed by atoms with Crippen molar-refractivity contribution < 1.29 is 33.7 Å². The second-order valence-electron chi connectivity index (χ2n) is 13.5. The van der Waals surface area contributed by atoms with Crippen molar-refractivity contribution in [1.82, 2.24) is 0 Å². The van der Waals surface area contributed by atoms with Crippen LogP contribution in [0.25, 0.3) is 0 Å². The van der Waals surface area contributed by atoms with Gasteiger partial charge in [-0.15, -0.1) is 0 Å². The van der Waals surface area contributed by atoms with Crippen LogP contribution >= 0.6 is 0 Å². The lowest BCUT2D eigenvalue weighted by Gasteiger charge is -2.59. The average Bonchev–Trinajstić information content (AvgIpc) is 3.17. The van der Waals surface area contributed by atoms with E-state index in [1.807, 2.05) is 19.9 Å². The molecule has 198 valence electrons. The minimum atomic E-state index is -1.30. The lowest BCUT2D eigenvalue weighted by molar-refractivity contribution is -0.226. The third kappa shape index (κ3) is 3.45. The van der Waals surface area contributed by atoms with Gasteiger partial charge in [-0.3, -0.25) is 14.4 Å². The maximum absolute atomic E-state index is 14.0. The highest BCUT2D eigenvalue weighted by atomic mass is 16.8. The van der Waals surface area contributed by atoms with Crippen molar-refractivity contribution in [3.8, 4) is 0 Å². The van der Waals surface area contributed by atoms with Gasteiger partial charge in [-0.25, -0.2) is 0 Å². The molecule has 7 nitrogen and oxygen atoms in total. The number of allylic oxidation sites excluding steroid dienone is 4. The summed E-state index contributed by atoms with van der Waals surface area (Å²) in [4.78, 5) is 38.6. The standard InChI is InChI=1S/C29H40O7/c1-25(2,3)24(33)34-15-21(32)29-22(35-26(4,5)36-29)13-19-18-9-8-16-12-17(30)10-11-27(16,6)23(18)20(31)14-28(19,29)7/h10-12,18-20,22-23,31H,8-9,13-15H2,1-7H3/t18-,19-,20-,22+,23+,27-,28-,29+/m0/s1. The Morgan fingerprint density at radius 3 is 2.56 bits per heavy atom. The van der Waals surface area contributed by atoms with Crippen LogP contribution in [0.4, 0.5) is 0 Å². The van der Waals surface area contributed by atoms with Crippen LogP contribution in [0.2, 0.25) is 0 Å². The van der Waals surface area contributed by atoms with Gasteiger partial charge in [0.2, 0.25) is 5.78 Å². The summed E-state index contributed by atoms with van der Waals surface area (Å²) in [6.45, 7) is 12.7. The van der Waals surface area contributed by atoms with Gasteiger partial charge in [0.25, 0.3) is 0 Å².